The minimum atomic E-state index is -3.28. The average molecular weight is 557 g/mol. The third-order valence-electron chi connectivity index (χ3n) is 5.47. The monoisotopic (exact) mass is 556 g/mol. The Hall–Kier alpha value is -3.33. The van der Waals surface area contributed by atoms with E-state index in [1.54, 1.807) is 71.2 Å². The van der Waals surface area contributed by atoms with Gasteiger partial charge in [0.25, 0.3) is 5.92 Å². The molecule has 2 aromatic heterocycles. The molecule has 2 heterocycles. The summed E-state index contributed by atoms with van der Waals surface area (Å²) in [6, 6.07) is 21.2. The molecule has 37 heavy (non-hydrogen) atoms. The Labute approximate surface area is 226 Å². The number of hydrogen-bond donors (Lipinski definition) is 2. The molecule has 0 bridgehead atoms. The maximum Gasteiger partial charge on any atom is 0.338 e. The second-order valence-electron chi connectivity index (χ2n) is 8.03. The van der Waals surface area contributed by atoms with Crippen molar-refractivity contribution in [2.45, 2.75) is 25.9 Å². The second-order valence-corrected chi connectivity index (χ2v) is 10.6. The largest absolute Gasteiger partial charge is 0.456 e. The molecule has 9 heteroatoms. The molecular weight excluding hydrogens is 534 g/mol. The summed E-state index contributed by atoms with van der Waals surface area (Å²) in [4.78, 5) is 15.8. The summed E-state index contributed by atoms with van der Waals surface area (Å²) in [5.74, 6) is -3.77. The van der Waals surface area contributed by atoms with Gasteiger partial charge >= 0.3 is 5.97 Å². The van der Waals surface area contributed by atoms with Crippen molar-refractivity contribution in [2.24, 2.45) is 0 Å². The number of alkyl halides is 2. The van der Waals surface area contributed by atoms with Gasteiger partial charge in [-0.15, -0.1) is 22.7 Å². The van der Waals surface area contributed by atoms with Crippen LogP contribution in [0, 0.1) is 5.41 Å². The fraction of sp³-hybridized carbons (Fsp3) is 0.143. The number of carbonyl (C=O) groups excluding carboxylic acids is 1. The van der Waals surface area contributed by atoms with Crippen LogP contribution in [0.2, 0.25) is 5.02 Å². The highest BCUT2D eigenvalue weighted by atomic mass is 35.5. The SMILES string of the molecule is CCC(F)(F)C(=N)/C=C(\Nc1ccccc1Cl)c1ccc(C(=O)OCc2ccc(-c3cccs3)s2)cc1. The van der Waals surface area contributed by atoms with E-state index in [0.29, 0.717) is 21.8 Å². The molecule has 0 unspecified atom stereocenters. The van der Waals surface area contributed by atoms with Gasteiger partial charge in [-0.05, 0) is 59.5 Å². The Bertz CT molecular complexity index is 1410. The Kier molecular flexibility index (Phi) is 8.53. The fourth-order valence-electron chi connectivity index (χ4n) is 3.35. The molecule has 0 atom stereocenters. The first kappa shape index (κ1) is 26.7. The molecule has 190 valence electrons. The van der Waals surface area contributed by atoms with E-state index in [4.69, 9.17) is 21.7 Å². The van der Waals surface area contributed by atoms with Gasteiger partial charge in [0.1, 0.15) is 12.3 Å². The lowest BCUT2D eigenvalue weighted by molar-refractivity contribution is 0.0476. The molecule has 2 aromatic carbocycles. The van der Waals surface area contributed by atoms with Crippen LogP contribution in [0.25, 0.3) is 15.5 Å². The van der Waals surface area contributed by atoms with E-state index >= 15 is 0 Å². The molecule has 0 aliphatic heterocycles. The molecule has 0 aliphatic carbocycles. The molecule has 4 nitrogen and oxygen atoms in total. The first-order valence-electron chi connectivity index (χ1n) is 11.4. The maximum absolute atomic E-state index is 14.1. The van der Waals surface area contributed by atoms with Gasteiger partial charge in [-0.2, -0.15) is 8.78 Å². The number of hydrogen-bond acceptors (Lipinski definition) is 6. The predicted molar refractivity (Wildman–Crippen MR) is 149 cm³/mol. The summed E-state index contributed by atoms with van der Waals surface area (Å²) in [5.41, 5.74) is 0.762. The third-order valence-corrected chi connectivity index (χ3v) is 7.93. The van der Waals surface area contributed by atoms with Gasteiger partial charge in [-0.1, -0.05) is 48.9 Å². The number of rotatable bonds is 10. The van der Waals surface area contributed by atoms with Crippen LogP contribution >= 0.6 is 34.3 Å². The van der Waals surface area contributed by atoms with Crippen LogP contribution in [0.15, 0.2) is 84.3 Å². The lowest BCUT2D eigenvalue weighted by atomic mass is 10.0. The fourth-order valence-corrected chi connectivity index (χ4v) is 5.29. The third kappa shape index (κ3) is 6.71. The van der Waals surface area contributed by atoms with E-state index in [2.05, 4.69) is 5.32 Å². The van der Waals surface area contributed by atoms with Crippen LogP contribution in [-0.2, 0) is 11.3 Å². The van der Waals surface area contributed by atoms with E-state index in [9.17, 15) is 13.6 Å². The summed E-state index contributed by atoms with van der Waals surface area (Å²) >= 11 is 9.46. The van der Waals surface area contributed by atoms with Gasteiger partial charge in [0.05, 0.1) is 16.3 Å². The minimum absolute atomic E-state index is 0.152. The van der Waals surface area contributed by atoms with Crippen LogP contribution in [0.1, 0.15) is 34.1 Å². The lowest BCUT2D eigenvalue weighted by Gasteiger charge is -2.17. The standard InChI is InChI=1S/C28H23ClF2N2O2S2/c1-2-28(30,31)26(32)16-23(33-22-7-4-3-6-21(22)29)18-9-11-19(12-10-18)27(34)35-17-20-13-14-25(37-20)24-8-5-15-36-24/h3-16,32-33H,2,17H2,1H3/b23-16-,32-26?. The number of nitrogens with one attached hydrogen (secondary N) is 2. The summed E-state index contributed by atoms with van der Waals surface area (Å²) in [6.45, 7) is 1.47. The molecule has 0 aliphatic rings. The summed E-state index contributed by atoms with van der Waals surface area (Å²) in [5, 5.41) is 13.4. The summed E-state index contributed by atoms with van der Waals surface area (Å²) < 4.78 is 33.7. The van der Waals surface area contributed by atoms with Crippen molar-refractivity contribution in [3.8, 4) is 9.75 Å². The number of para-hydroxylation sites is 1. The second kappa shape index (κ2) is 11.8. The number of ether oxygens (including phenoxy) is 1. The van der Waals surface area contributed by atoms with Crippen molar-refractivity contribution in [2.75, 3.05) is 5.32 Å². The zero-order valence-electron chi connectivity index (χ0n) is 19.8. The van der Waals surface area contributed by atoms with Gasteiger partial charge in [0.2, 0.25) is 0 Å². The zero-order valence-corrected chi connectivity index (χ0v) is 22.2. The number of thiophene rings is 2. The Morgan fingerprint density at radius 1 is 1.03 bits per heavy atom. The molecule has 4 aromatic rings. The predicted octanol–water partition coefficient (Wildman–Crippen LogP) is 9.01. The van der Waals surface area contributed by atoms with Gasteiger partial charge in [-0.25, -0.2) is 4.79 Å². The molecule has 0 amide bonds. The minimum Gasteiger partial charge on any atom is -0.456 e. The van der Waals surface area contributed by atoms with Gasteiger partial charge in [-0.3, -0.25) is 5.41 Å². The zero-order chi connectivity index (χ0) is 26.4. The number of esters is 1. The van der Waals surface area contributed by atoms with Gasteiger partial charge in [0, 0.05) is 26.7 Å². The average Bonchev–Trinajstić information content (AvgIpc) is 3.60. The number of benzene rings is 2. The molecule has 0 fully saturated rings. The first-order valence-corrected chi connectivity index (χ1v) is 13.4. The quantitative estimate of drug-likeness (QED) is 0.151. The summed E-state index contributed by atoms with van der Waals surface area (Å²) in [7, 11) is 0. The maximum atomic E-state index is 14.1. The van der Waals surface area contributed by atoms with Crippen molar-refractivity contribution in [3.05, 3.63) is 105 Å². The van der Waals surface area contributed by atoms with E-state index < -0.39 is 24.0 Å². The lowest BCUT2D eigenvalue weighted by Crippen LogP contribution is -2.25. The topological polar surface area (TPSA) is 62.2 Å². The van der Waals surface area contributed by atoms with E-state index in [1.807, 2.05) is 29.6 Å². The Morgan fingerprint density at radius 3 is 2.43 bits per heavy atom. The van der Waals surface area contributed by atoms with Crippen LogP contribution in [0.4, 0.5) is 14.5 Å². The molecule has 0 radical (unpaired) electrons. The number of carbonyl (C=O) groups is 1. The van der Waals surface area contributed by atoms with Crippen LogP contribution in [0.5, 0.6) is 0 Å². The van der Waals surface area contributed by atoms with E-state index in [-0.39, 0.29) is 12.3 Å². The van der Waals surface area contributed by atoms with Crippen LogP contribution in [0.3, 0.4) is 0 Å². The normalized spacial score (nSPS) is 11.8. The van der Waals surface area contributed by atoms with Crippen molar-refractivity contribution in [3.63, 3.8) is 0 Å². The van der Waals surface area contributed by atoms with Crippen molar-refractivity contribution in [1.82, 2.24) is 0 Å². The van der Waals surface area contributed by atoms with Crippen molar-refractivity contribution in [1.29, 1.82) is 5.41 Å². The highest BCUT2D eigenvalue weighted by Crippen LogP contribution is 2.32. The Morgan fingerprint density at radius 2 is 1.76 bits per heavy atom. The molecule has 0 saturated heterocycles. The molecule has 2 N–H and O–H groups in total. The molecule has 0 saturated carbocycles. The van der Waals surface area contributed by atoms with E-state index in [0.717, 1.165) is 20.7 Å². The smallest absolute Gasteiger partial charge is 0.338 e. The number of halogens is 3. The molecule has 0 spiro atoms. The molecular formula is C28H23ClF2N2O2S2. The van der Waals surface area contributed by atoms with E-state index in [1.165, 1.54) is 6.92 Å². The van der Waals surface area contributed by atoms with Gasteiger partial charge < -0.3 is 10.1 Å². The van der Waals surface area contributed by atoms with Crippen molar-refractivity contribution < 1.29 is 18.3 Å². The molecule has 4 rings (SSSR count). The van der Waals surface area contributed by atoms with Crippen molar-refractivity contribution >= 4 is 57.3 Å². The number of allylic oxidation sites excluding steroid dienone is 1. The van der Waals surface area contributed by atoms with Crippen LogP contribution < -0.4 is 5.32 Å². The highest BCUT2D eigenvalue weighted by Gasteiger charge is 2.31. The van der Waals surface area contributed by atoms with Crippen LogP contribution in [-0.4, -0.2) is 17.6 Å². The van der Waals surface area contributed by atoms with Gasteiger partial charge in [0.15, 0.2) is 0 Å². The first-order chi connectivity index (χ1) is 17.8. The highest BCUT2D eigenvalue weighted by molar-refractivity contribution is 7.21. The number of anilines is 1. The Balaban J connectivity index is 1.49. The summed E-state index contributed by atoms with van der Waals surface area (Å²) in [6.07, 6.45) is 0.591.